The Hall–Kier alpha value is -1.06. The zero-order valence-electron chi connectivity index (χ0n) is 7.66. The Labute approximate surface area is 74.6 Å². The molecular formula is C9H10F3N. The van der Waals surface area contributed by atoms with Crippen molar-refractivity contribution in [2.75, 3.05) is 0 Å². The summed E-state index contributed by atoms with van der Waals surface area (Å²) in [5.41, 5.74) is 0.457. The van der Waals surface area contributed by atoms with Crippen LogP contribution in [-0.4, -0.2) is 4.98 Å². The number of nitrogens with zero attached hydrogens (tertiary/aromatic N) is 1. The summed E-state index contributed by atoms with van der Waals surface area (Å²) >= 11 is 0. The fourth-order valence-electron chi connectivity index (χ4n) is 1.19. The SMILES string of the molecule is Cc1cc(C(F)(F)F)c(C)c(C)n1. The lowest BCUT2D eigenvalue weighted by Gasteiger charge is -2.12. The van der Waals surface area contributed by atoms with Crippen LogP contribution in [-0.2, 0) is 6.18 Å². The number of halogens is 3. The highest BCUT2D eigenvalue weighted by Crippen LogP contribution is 2.32. The van der Waals surface area contributed by atoms with Crippen LogP contribution < -0.4 is 0 Å². The van der Waals surface area contributed by atoms with Crippen LogP contribution >= 0.6 is 0 Å². The zero-order chi connectivity index (χ0) is 10.2. The van der Waals surface area contributed by atoms with Crippen LogP contribution in [0.25, 0.3) is 0 Å². The van der Waals surface area contributed by atoms with Crippen molar-refractivity contribution in [3.05, 3.63) is 28.6 Å². The third-order valence-electron chi connectivity index (χ3n) is 1.95. The van der Waals surface area contributed by atoms with Gasteiger partial charge in [-0.05, 0) is 32.4 Å². The molecule has 0 unspecified atom stereocenters. The molecular weight excluding hydrogens is 179 g/mol. The monoisotopic (exact) mass is 189 g/mol. The van der Waals surface area contributed by atoms with E-state index in [4.69, 9.17) is 0 Å². The summed E-state index contributed by atoms with van der Waals surface area (Å²) in [5, 5.41) is 0. The lowest BCUT2D eigenvalue weighted by atomic mass is 10.1. The fourth-order valence-corrected chi connectivity index (χ4v) is 1.19. The van der Waals surface area contributed by atoms with Gasteiger partial charge in [0.15, 0.2) is 0 Å². The molecule has 0 aliphatic rings. The summed E-state index contributed by atoms with van der Waals surface area (Å²) in [5.74, 6) is 0. The molecule has 0 saturated heterocycles. The van der Waals surface area contributed by atoms with Gasteiger partial charge < -0.3 is 0 Å². The topological polar surface area (TPSA) is 12.9 Å². The molecule has 1 nitrogen and oxygen atoms in total. The quantitative estimate of drug-likeness (QED) is 0.611. The summed E-state index contributed by atoms with van der Waals surface area (Å²) in [6, 6.07) is 1.07. The molecule has 0 spiro atoms. The average Bonchev–Trinajstić information content (AvgIpc) is 1.94. The van der Waals surface area contributed by atoms with Gasteiger partial charge in [0.2, 0.25) is 0 Å². The molecule has 1 heterocycles. The first-order chi connectivity index (χ1) is 5.82. The fraction of sp³-hybridized carbons (Fsp3) is 0.444. The summed E-state index contributed by atoms with van der Waals surface area (Å²) in [6.45, 7) is 4.57. The molecule has 4 heteroatoms. The molecule has 0 bridgehead atoms. The van der Waals surface area contributed by atoms with Gasteiger partial charge in [0.25, 0.3) is 0 Å². The summed E-state index contributed by atoms with van der Waals surface area (Å²) in [6.07, 6.45) is -4.28. The smallest absolute Gasteiger partial charge is 0.258 e. The van der Waals surface area contributed by atoms with Crippen molar-refractivity contribution in [1.29, 1.82) is 0 Å². The van der Waals surface area contributed by atoms with E-state index >= 15 is 0 Å². The number of aromatic nitrogens is 1. The number of hydrogen-bond donors (Lipinski definition) is 0. The van der Waals surface area contributed by atoms with E-state index in [9.17, 15) is 13.2 Å². The second-order valence-electron chi connectivity index (χ2n) is 3.02. The minimum Gasteiger partial charge on any atom is -0.258 e. The normalized spacial score (nSPS) is 11.8. The Morgan fingerprint density at radius 1 is 1.15 bits per heavy atom. The molecule has 0 N–H and O–H groups in total. The van der Waals surface area contributed by atoms with Crippen molar-refractivity contribution in [1.82, 2.24) is 4.98 Å². The maximum absolute atomic E-state index is 12.4. The van der Waals surface area contributed by atoms with Crippen molar-refractivity contribution in [3.8, 4) is 0 Å². The number of rotatable bonds is 0. The first-order valence-corrected chi connectivity index (χ1v) is 3.84. The van der Waals surface area contributed by atoms with E-state index in [1.54, 1.807) is 13.8 Å². The van der Waals surface area contributed by atoms with E-state index in [1.807, 2.05) is 0 Å². The van der Waals surface area contributed by atoms with Gasteiger partial charge in [0, 0.05) is 11.4 Å². The molecule has 0 amide bonds. The highest BCUT2D eigenvalue weighted by atomic mass is 19.4. The number of pyridine rings is 1. The second-order valence-corrected chi connectivity index (χ2v) is 3.02. The highest BCUT2D eigenvalue weighted by Gasteiger charge is 2.33. The maximum Gasteiger partial charge on any atom is 0.416 e. The van der Waals surface area contributed by atoms with E-state index in [1.165, 1.54) is 6.92 Å². The number of alkyl halides is 3. The van der Waals surface area contributed by atoms with Gasteiger partial charge in [-0.1, -0.05) is 0 Å². The molecule has 1 aromatic rings. The van der Waals surface area contributed by atoms with Crippen molar-refractivity contribution >= 4 is 0 Å². The van der Waals surface area contributed by atoms with Gasteiger partial charge >= 0.3 is 6.18 Å². The second kappa shape index (κ2) is 3.01. The summed E-state index contributed by atoms with van der Waals surface area (Å²) in [7, 11) is 0. The molecule has 0 aliphatic carbocycles. The zero-order valence-corrected chi connectivity index (χ0v) is 7.66. The Kier molecular flexibility index (Phi) is 2.32. The Morgan fingerprint density at radius 3 is 2.15 bits per heavy atom. The average molecular weight is 189 g/mol. The van der Waals surface area contributed by atoms with E-state index < -0.39 is 11.7 Å². The minimum atomic E-state index is -4.28. The molecule has 0 fully saturated rings. The molecule has 0 radical (unpaired) electrons. The van der Waals surface area contributed by atoms with Gasteiger partial charge in [-0.3, -0.25) is 4.98 Å². The molecule has 1 rings (SSSR count). The first-order valence-electron chi connectivity index (χ1n) is 3.84. The molecule has 0 aromatic carbocycles. The van der Waals surface area contributed by atoms with E-state index in [0.717, 1.165) is 6.07 Å². The van der Waals surface area contributed by atoms with Gasteiger partial charge in [-0.25, -0.2) is 0 Å². The van der Waals surface area contributed by atoms with Crippen LogP contribution in [0.4, 0.5) is 13.2 Å². The van der Waals surface area contributed by atoms with E-state index in [-0.39, 0.29) is 5.56 Å². The largest absolute Gasteiger partial charge is 0.416 e. The van der Waals surface area contributed by atoms with Crippen LogP contribution in [0.3, 0.4) is 0 Å². The third-order valence-corrected chi connectivity index (χ3v) is 1.95. The van der Waals surface area contributed by atoms with Crippen molar-refractivity contribution in [3.63, 3.8) is 0 Å². The minimum absolute atomic E-state index is 0.207. The molecule has 1 aromatic heterocycles. The van der Waals surface area contributed by atoms with Gasteiger partial charge in [0.1, 0.15) is 0 Å². The van der Waals surface area contributed by atoms with Crippen molar-refractivity contribution in [2.24, 2.45) is 0 Å². The van der Waals surface area contributed by atoms with Crippen molar-refractivity contribution in [2.45, 2.75) is 26.9 Å². The molecule has 0 saturated carbocycles. The summed E-state index contributed by atoms with van der Waals surface area (Å²) in [4.78, 5) is 3.95. The predicted molar refractivity (Wildman–Crippen MR) is 43.5 cm³/mol. The lowest BCUT2D eigenvalue weighted by molar-refractivity contribution is -0.138. The molecule has 13 heavy (non-hydrogen) atoms. The van der Waals surface area contributed by atoms with Gasteiger partial charge in [0.05, 0.1) is 5.56 Å². The van der Waals surface area contributed by atoms with E-state index in [0.29, 0.717) is 11.4 Å². The molecule has 0 atom stereocenters. The number of hydrogen-bond acceptors (Lipinski definition) is 1. The van der Waals surface area contributed by atoms with Crippen LogP contribution in [0, 0.1) is 20.8 Å². The van der Waals surface area contributed by atoms with Crippen LogP contribution in [0.1, 0.15) is 22.5 Å². The van der Waals surface area contributed by atoms with Crippen molar-refractivity contribution < 1.29 is 13.2 Å². The first kappa shape index (κ1) is 10.0. The Bertz CT molecular complexity index is 328. The lowest BCUT2D eigenvalue weighted by Crippen LogP contribution is -2.10. The Balaban J connectivity index is 3.37. The van der Waals surface area contributed by atoms with Crippen LogP contribution in [0.15, 0.2) is 6.07 Å². The number of aryl methyl sites for hydroxylation is 2. The van der Waals surface area contributed by atoms with E-state index in [2.05, 4.69) is 4.98 Å². The van der Waals surface area contributed by atoms with Crippen LogP contribution in [0.5, 0.6) is 0 Å². The third kappa shape index (κ3) is 1.99. The van der Waals surface area contributed by atoms with Gasteiger partial charge in [-0.2, -0.15) is 13.2 Å². The van der Waals surface area contributed by atoms with Gasteiger partial charge in [-0.15, -0.1) is 0 Å². The molecule has 72 valence electrons. The van der Waals surface area contributed by atoms with Crippen LogP contribution in [0.2, 0.25) is 0 Å². The highest BCUT2D eigenvalue weighted by molar-refractivity contribution is 5.32. The predicted octanol–water partition coefficient (Wildman–Crippen LogP) is 3.03. The molecule has 0 aliphatic heterocycles. The standard InChI is InChI=1S/C9H10F3N/c1-5-4-8(9(10,11)12)6(2)7(3)13-5/h4H,1-3H3. The summed E-state index contributed by atoms with van der Waals surface area (Å²) < 4.78 is 37.1. The maximum atomic E-state index is 12.4. The Morgan fingerprint density at radius 2 is 1.69 bits per heavy atom.